The monoisotopic (exact) mass is 360 g/mol. The molecule has 2 aliphatic rings. The molecule has 5 heteroatoms. The van der Waals surface area contributed by atoms with Crippen LogP contribution in [0.15, 0.2) is 54.6 Å². The summed E-state index contributed by atoms with van der Waals surface area (Å²) in [5, 5.41) is 10.3. The minimum atomic E-state index is 0.229. The van der Waals surface area contributed by atoms with Crippen molar-refractivity contribution in [1.82, 2.24) is 4.98 Å². The molecular formula is C22H20N2O3. The largest absolute Gasteiger partial charge is 0.507 e. The summed E-state index contributed by atoms with van der Waals surface area (Å²) in [6, 6.07) is 17.3. The highest BCUT2D eigenvalue weighted by Gasteiger charge is 2.22. The van der Waals surface area contributed by atoms with Gasteiger partial charge in [0.25, 0.3) is 0 Å². The van der Waals surface area contributed by atoms with Gasteiger partial charge in [0.2, 0.25) is 6.79 Å². The molecule has 0 bridgehead atoms. The molecule has 1 fully saturated rings. The molecular weight excluding hydrogens is 340 g/mol. The fourth-order valence-corrected chi connectivity index (χ4v) is 3.77. The van der Waals surface area contributed by atoms with Crippen molar-refractivity contribution in [3.05, 3.63) is 54.6 Å². The van der Waals surface area contributed by atoms with Crippen LogP contribution in [0.5, 0.6) is 17.2 Å². The van der Waals surface area contributed by atoms with E-state index in [1.807, 2.05) is 42.5 Å². The molecule has 0 amide bonds. The summed E-state index contributed by atoms with van der Waals surface area (Å²) in [5.74, 6) is 2.68. The van der Waals surface area contributed by atoms with E-state index in [-0.39, 0.29) is 12.5 Å². The molecule has 1 aromatic heterocycles. The first-order chi connectivity index (χ1) is 13.3. The summed E-state index contributed by atoms with van der Waals surface area (Å²) < 4.78 is 11.2. The third-order valence-electron chi connectivity index (χ3n) is 5.13. The summed E-state index contributed by atoms with van der Waals surface area (Å²) in [7, 11) is 0. The summed E-state index contributed by atoms with van der Waals surface area (Å²) in [6.45, 7) is 2.25. The predicted octanol–water partition coefficient (Wildman–Crippen LogP) is 4.45. The molecule has 27 heavy (non-hydrogen) atoms. The van der Waals surface area contributed by atoms with E-state index in [4.69, 9.17) is 14.5 Å². The van der Waals surface area contributed by atoms with Crippen molar-refractivity contribution in [3.8, 4) is 39.6 Å². The van der Waals surface area contributed by atoms with Crippen LogP contribution in [0, 0.1) is 0 Å². The zero-order valence-corrected chi connectivity index (χ0v) is 14.9. The van der Waals surface area contributed by atoms with E-state index in [1.165, 1.54) is 12.8 Å². The number of benzene rings is 2. The molecule has 136 valence electrons. The molecule has 0 aliphatic carbocycles. The topological polar surface area (TPSA) is 54.8 Å². The van der Waals surface area contributed by atoms with Crippen LogP contribution >= 0.6 is 0 Å². The van der Waals surface area contributed by atoms with E-state index in [2.05, 4.69) is 11.0 Å². The Kier molecular flexibility index (Phi) is 3.85. The number of phenols is 1. The van der Waals surface area contributed by atoms with Crippen LogP contribution in [-0.4, -0.2) is 30.0 Å². The standard InChI is InChI=1S/C22H20N2O3/c25-19-8-2-1-6-17(19)18-12-15(13-21(23-18)24-10-3-4-11-24)16-7-5-9-20-22(16)27-14-26-20/h1-2,5-9,12-13,25H,3-4,10-11,14H2. The van der Waals surface area contributed by atoms with Gasteiger partial charge in [-0.15, -0.1) is 0 Å². The van der Waals surface area contributed by atoms with Crippen LogP contribution in [0.1, 0.15) is 12.8 Å². The molecule has 3 heterocycles. The number of fused-ring (bicyclic) bond motifs is 1. The van der Waals surface area contributed by atoms with Gasteiger partial charge in [-0.05, 0) is 48.7 Å². The second kappa shape index (κ2) is 6.50. The van der Waals surface area contributed by atoms with Gasteiger partial charge in [-0.3, -0.25) is 0 Å². The smallest absolute Gasteiger partial charge is 0.231 e. The summed E-state index contributed by atoms with van der Waals surface area (Å²) in [5.41, 5.74) is 3.46. The molecule has 0 spiro atoms. The molecule has 1 saturated heterocycles. The van der Waals surface area contributed by atoms with Gasteiger partial charge in [-0.1, -0.05) is 24.3 Å². The van der Waals surface area contributed by atoms with Crippen LogP contribution in [0.2, 0.25) is 0 Å². The number of aromatic nitrogens is 1. The van der Waals surface area contributed by atoms with Gasteiger partial charge in [-0.2, -0.15) is 0 Å². The van der Waals surface area contributed by atoms with E-state index < -0.39 is 0 Å². The first-order valence-electron chi connectivity index (χ1n) is 9.24. The van der Waals surface area contributed by atoms with E-state index in [0.29, 0.717) is 0 Å². The summed E-state index contributed by atoms with van der Waals surface area (Å²) >= 11 is 0. The lowest BCUT2D eigenvalue weighted by Gasteiger charge is -2.19. The van der Waals surface area contributed by atoms with Crippen molar-refractivity contribution in [2.75, 3.05) is 24.8 Å². The van der Waals surface area contributed by atoms with Crippen molar-refractivity contribution in [2.24, 2.45) is 0 Å². The molecule has 2 aromatic carbocycles. The van der Waals surface area contributed by atoms with Gasteiger partial charge in [0.15, 0.2) is 11.5 Å². The van der Waals surface area contributed by atoms with Gasteiger partial charge < -0.3 is 19.5 Å². The molecule has 3 aromatic rings. The normalized spacial score (nSPS) is 15.3. The minimum Gasteiger partial charge on any atom is -0.507 e. The minimum absolute atomic E-state index is 0.229. The number of hydrogen-bond acceptors (Lipinski definition) is 5. The van der Waals surface area contributed by atoms with Crippen molar-refractivity contribution in [1.29, 1.82) is 0 Å². The van der Waals surface area contributed by atoms with Crippen LogP contribution < -0.4 is 14.4 Å². The summed E-state index contributed by atoms with van der Waals surface area (Å²) in [6.07, 6.45) is 2.35. The predicted molar refractivity (Wildman–Crippen MR) is 104 cm³/mol. The maximum Gasteiger partial charge on any atom is 0.231 e. The van der Waals surface area contributed by atoms with Gasteiger partial charge in [0.05, 0.1) is 5.69 Å². The second-order valence-corrected chi connectivity index (χ2v) is 6.85. The average molecular weight is 360 g/mol. The molecule has 0 atom stereocenters. The lowest BCUT2D eigenvalue weighted by molar-refractivity contribution is 0.174. The number of rotatable bonds is 3. The van der Waals surface area contributed by atoms with Crippen molar-refractivity contribution in [2.45, 2.75) is 12.8 Å². The Labute approximate surface area is 157 Å². The van der Waals surface area contributed by atoms with Gasteiger partial charge >= 0.3 is 0 Å². The Bertz CT molecular complexity index is 997. The van der Waals surface area contributed by atoms with Crippen molar-refractivity contribution in [3.63, 3.8) is 0 Å². The number of anilines is 1. The quantitative estimate of drug-likeness (QED) is 0.748. The third kappa shape index (κ3) is 2.85. The van der Waals surface area contributed by atoms with Crippen LogP contribution in [0.4, 0.5) is 5.82 Å². The van der Waals surface area contributed by atoms with Gasteiger partial charge in [-0.25, -0.2) is 4.98 Å². The maximum atomic E-state index is 10.3. The maximum absolute atomic E-state index is 10.3. The third-order valence-corrected chi connectivity index (χ3v) is 5.13. The molecule has 2 aliphatic heterocycles. The van der Waals surface area contributed by atoms with Crippen LogP contribution in [0.25, 0.3) is 22.4 Å². The number of phenolic OH excluding ortho intramolecular Hbond substituents is 1. The molecule has 5 rings (SSSR count). The Morgan fingerprint density at radius 2 is 1.70 bits per heavy atom. The first-order valence-corrected chi connectivity index (χ1v) is 9.24. The number of ether oxygens (including phenoxy) is 2. The highest BCUT2D eigenvalue weighted by molar-refractivity contribution is 5.81. The lowest BCUT2D eigenvalue weighted by Crippen LogP contribution is -2.19. The zero-order chi connectivity index (χ0) is 18.2. The van der Waals surface area contributed by atoms with Crippen molar-refractivity contribution >= 4 is 5.82 Å². The number of nitrogens with zero attached hydrogens (tertiary/aromatic N) is 2. The molecule has 0 unspecified atom stereocenters. The van der Waals surface area contributed by atoms with Crippen LogP contribution in [-0.2, 0) is 0 Å². The fourth-order valence-electron chi connectivity index (χ4n) is 3.77. The first kappa shape index (κ1) is 16.0. The number of pyridine rings is 1. The SMILES string of the molecule is Oc1ccccc1-c1cc(-c2cccc3c2OCO3)cc(N2CCCC2)n1. The zero-order valence-electron chi connectivity index (χ0n) is 14.9. The van der Waals surface area contributed by atoms with Crippen LogP contribution in [0.3, 0.4) is 0 Å². The van der Waals surface area contributed by atoms with Gasteiger partial charge in [0.1, 0.15) is 11.6 Å². The molecule has 1 N–H and O–H groups in total. The van der Waals surface area contributed by atoms with E-state index in [0.717, 1.165) is 52.8 Å². The summed E-state index contributed by atoms with van der Waals surface area (Å²) in [4.78, 5) is 7.16. The Morgan fingerprint density at radius 3 is 2.56 bits per heavy atom. The highest BCUT2D eigenvalue weighted by atomic mass is 16.7. The molecule has 0 radical (unpaired) electrons. The second-order valence-electron chi connectivity index (χ2n) is 6.85. The fraction of sp³-hybridized carbons (Fsp3) is 0.227. The Hall–Kier alpha value is -3.21. The average Bonchev–Trinajstić information content (AvgIpc) is 3.39. The Balaban J connectivity index is 1.69. The van der Waals surface area contributed by atoms with E-state index >= 15 is 0 Å². The highest BCUT2D eigenvalue weighted by Crippen LogP contribution is 2.43. The van der Waals surface area contributed by atoms with E-state index in [9.17, 15) is 5.11 Å². The molecule has 5 nitrogen and oxygen atoms in total. The Morgan fingerprint density at radius 1 is 0.889 bits per heavy atom. The van der Waals surface area contributed by atoms with Crippen molar-refractivity contribution < 1.29 is 14.6 Å². The van der Waals surface area contributed by atoms with Gasteiger partial charge in [0, 0.05) is 24.2 Å². The van der Waals surface area contributed by atoms with E-state index in [1.54, 1.807) is 6.07 Å². The number of aromatic hydroxyl groups is 1. The molecule has 0 saturated carbocycles. The number of hydrogen-bond donors (Lipinski definition) is 1. The number of para-hydroxylation sites is 2. The lowest BCUT2D eigenvalue weighted by atomic mass is 10.0.